The van der Waals surface area contributed by atoms with Crippen LogP contribution in [0.25, 0.3) is 0 Å². The van der Waals surface area contributed by atoms with Gasteiger partial charge in [-0.3, -0.25) is 0 Å². The van der Waals surface area contributed by atoms with Gasteiger partial charge in [-0.2, -0.15) is 4.98 Å². The van der Waals surface area contributed by atoms with Gasteiger partial charge in [0.25, 0.3) is 0 Å². The van der Waals surface area contributed by atoms with Gasteiger partial charge in [0, 0.05) is 5.02 Å². The monoisotopic (exact) mass is 321 g/mol. The molecule has 0 saturated carbocycles. The van der Waals surface area contributed by atoms with E-state index in [0.29, 0.717) is 10.8 Å². The summed E-state index contributed by atoms with van der Waals surface area (Å²) in [6.07, 6.45) is 0. The molecule has 0 N–H and O–H groups in total. The zero-order valence-electron chi connectivity index (χ0n) is 9.18. The first-order chi connectivity index (χ1) is 8.47. The van der Waals surface area contributed by atoms with Gasteiger partial charge in [-0.15, -0.1) is 0 Å². The molecule has 0 unspecified atom stereocenters. The molecule has 2 rings (SSSR count). The Balaban J connectivity index is 2.40. The fourth-order valence-corrected chi connectivity index (χ4v) is 1.98. The third-order valence-electron chi connectivity index (χ3n) is 2.21. The maximum absolute atomic E-state index is 5.98. The van der Waals surface area contributed by atoms with Gasteiger partial charge >= 0.3 is 0 Å². The smallest absolute Gasteiger partial charge is 0.239 e. The van der Waals surface area contributed by atoms with Crippen molar-refractivity contribution in [3.05, 3.63) is 50.0 Å². The van der Waals surface area contributed by atoms with Crippen molar-refractivity contribution in [2.24, 2.45) is 0 Å². The third kappa shape index (κ3) is 3.01. The summed E-state index contributed by atoms with van der Waals surface area (Å²) in [6, 6.07) is 6.77. The van der Waals surface area contributed by atoms with Gasteiger partial charge in [0.05, 0.1) is 5.02 Å². The van der Waals surface area contributed by atoms with Gasteiger partial charge in [0.2, 0.25) is 5.88 Å². The molecular weight excluding hydrogens is 316 g/mol. The van der Waals surface area contributed by atoms with E-state index in [0.717, 1.165) is 5.56 Å². The van der Waals surface area contributed by atoms with Crippen molar-refractivity contribution in [3.8, 4) is 11.6 Å². The zero-order valence-corrected chi connectivity index (χ0v) is 12.2. The van der Waals surface area contributed by atoms with Crippen LogP contribution in [0, 0.1) is 6.92 Å². The molecule has 2 aromatic rings. The molecule has 0 atom stereocenters. The number of aryl methyl sites for hydroxylation is 1. The van der Waals surface area contributed by atoms with Crippen molar-refractivity contribution < 1.29 is 4.74 Å². The topological polar surface area (TPSA) is 22.1 Å². The van der Waals surface area contributed by atoms with Crippen LogP contribution in [-0.2, 0) is 0 Å². The second-order valence-corrected chi connectivity index (χ2v) is 5.17. The summed E-state index contributed by atoms with van der Waals surface area (Å²) in [5.41, 5.74) is 0.906. The lowest BCUT2D eigenvalue weighted by atomic mass is 10.2. The second kappa shape index (κ2) is 5.54. The molecule has 0 spiro atoms. The summed E-state index contributed by atoms with van der Waals surface area (Å²) in [4.78, 5) is 3.97. The van der Waals surface area contributed by atoms with Crippen LogP contribution in [0.5, 0.6) is 11.6 Å². The summed E-state index contributed by atoms with van der Waals surface area (Å²) in [6.45, 7) is 1.89. The van der Waals surface area contributed by atoms with Crippen molar-refractivity contribution in [1.29, 1.82) is 0 Å². The Kier molecular flexibility index (Phi) is 4.23. The molecule has 94 valence electrons. The predicted octanol–water partition coefficient (Wildman–Crippen LogP) is 5.80. The van der Waals surface area contributed by atoms with Crippen LogP contribution < -0.4 is 4.74 Å². The van der Waals surface area contributed by atoms with Crippen LogP contribution >= 0.6 is 46.4 Å². The lowest BCUT2D eigenvalue weighted by Crippen LogP contribution is -1.92. The highest BCUT2D eigenvalue weighted by Gasteiger charge is 2.11. The molecule has 18 heavy (non-hydrogen) atoms. The fraction of sp³-hybridized carbons (Fsp3) is 0.0833. The van der Waals surface area contributed by atoms with E-state index in [4.69, 9.17) is 51.1 Å². The summed E-state index contributed by atoms with van der Waals surface area (Å²) < 4.78 is 5.59. The standard InChI is InChI=1S/C12H7Cl4NO/c1-6-2-3-7(13)4-10(6)18-12-9(15)5-8(14)11(16)17-12/h2-5H,1H3. The van der Waals surface area contributed by atoms with Crippen LogP contribution in [-0.4, -0.2) is 4.98 Å². The number of pyridine rings is 1. The van der Waals surface area contributed by atoms with Gasteiger partial charge in [-0.25, -0.2) is 0 Å². The molecule has 0 radical (unpaired) electrons. The maximum Gasteiger partial charge on any atom is 0.239 e. The number of ether oxygens (including phenoxy) is 1. The molecule has 2 nitrogen and oxygen atoms in total. The van der Waals surface area contributed by atoms with Gasteiger partial charge in [0.15, 0.2) is 5.15 Å². The van der Waals surface area contributed by atoms with Crippen molar-refractivity contribution >= 4 is 46.4 Å². The highest BCUT2D eigenvalue weighted by molar-refractivity contribution is 6.42. The van der Waals surface area contributed by atoms with Crippen LogP contribution in [0.15, 0.2) is 24.3 Å². The Labute approximate surface area is 124 Å². The normalized spacial score (nSPS) is 10.5. The average Bonchev–Trinajstić information content (AvgIpc) is 2.30. The van der Waals surface area contributed by atoms with E-state index >= 15 is 0 Å². The predicted molar refractivity (Wildman–Crippen MR) is 75.5 cm³/mol. The zero-order chi connectivity index (χ0) is 13.3. The Bertz CT molecular complexity index is 601. The van der Waals surface area contributed by atoms with Crippen molar-refractivity contribution in [2.75, 3.05) is 0 Å². The molecule has 0 aliphatic rings. The molecule has 1 heterocycles. The molecule has 1 aromatic carbocycles. The van der Waals surface area contributed by atoms with Crippen LogP contribution in [0.3, 0.4) is 0 Å². The van der Waals surface area contributed by atoms with E-state index in [1.807, 2.05) is 13.0 Å². The Morgan fingerprint density at radius 2 is 1.72 bits per heavy atom. The quantitative estimate of drug-likeness (QED) is 0.652. The van der Waals surface area contributed by atoms with E-state index in [-0.39, 0.29) is 21.1 Å². The van der Waals surface area contributed by atoms with Gasteiger partial charge in [0.1, 0.15) is 10.8 Å². The molecule has 0 fully saturated rings. The van der Waals surface area contributed by atoms with Crippen molar-refractivity contribution in [1.82, 2.24) is 4.98 Å². The molecule has 1 aromatic heterocycles. The Morgan fingerprint density at radius 3 is 2.44 bits per heavy atom. The third-order valence-corrected chi connectivity index (χ3v) is 3.39. The maximum atomic E-state index is 5.98. The first-order valence-corrected chi connectivity index (χ1v) is 6.44. The van der Waals surface area contributed by atoms with Crippen molar-refractivity contribution in [2.45, 2.75) is 6.92 Å². The largest absolute Gasteiger partial charge is 0.437 e. The first-order valence-electron chi connectivity index (χ1n) is 4.93. The average molecular weight is 323 g/mol. The number of rotatable bonds is 2. The molecule has 0 aliphatic carbocycles. The second-order valence-electron chi connectivity index (χ2n) is 3.56. The fourth-order valence-electron chi connectivity index (χ4n) is 1.29. The number of halogens is 4. The van der Waals surface area contributed by atoms with Crippen molar-refractivity contribution in [3.63, 3.8) is 0 Å². The summed E-state index contributed by atoms with van der Waals surface area (Å²) >= 11 is 23.5. The van der Waals surface area contributed by atoms with Crippen LogP contribution in [0.4, 0.5) is 0 Å². The van der Waals surface area contributed by atoms with Crippen LogP contribution in [0.1, 0.15) is 5.56 Å². The minimum absolute atomic E-state index is 0.135. The Morgan fingerprint density at radius 1 is 1.00 bits per heavy atom. The molecule has 0 saturated heterocycles. The summed E-state index contributed by atoms with van der Waals surface area (Å²) in [5.74, 6) is 0.756. The number of benzene rings is 1. The van der Waals surface area contributed by atoms with E-state index in [1.165, 1.54) is 6.07 Å². The minimum Gasteiger partial charge on any atom is -0.437 e. The molecule has 6 heteroatoms. The van der Waals surface area contributed by atoms with E-state index in [1.54, 1.807) is 12.1 Å². The molecule has 0 amide bonds. The number of nitrogens with zero attached hydrogens (tertiary/aromatic N) is 1. The lowest BCUT2D eigenvalue weighted by molar-refractivity contribution is 0.460. The highest BCUT2D eigenvalue weighted by atomic mass is 35.5. The SMILES string of the molecule is Cc1ccc(Cl)cc1Oc1nc(Cl)c(Cl)cc1Cl. The molecule has 0 bridgehead atoms. The number of aromatic nitrogens is 1. The van der Waals surface area contributed by atoms with E-state index < -0.39 is 0 Å². The van der Waals surface area contributed by atoms with Gasteiger partial charge in [-0.1, -0.05) is 52.5 Å². The molecule has 0 aliphatic heterocycles. The highest BCUT2D eigenvalue weighted by Crippen LogP contribution is 2.34. The van der Waals surface area contributed by atoms with Gasteiger partial charge < -0.3 is 4.74 Å². The lowest BCUT2D eigenvalue weighted by Gasteiger charge is -2.10. The van der Waals surface area contributed by atoms with E-state index in [2.05, 4.69) is 4.98 Å². The summed E-state index contributed by atoms with van der Waals surface area (Å²) in [7, 11) is 0. The number of hydrogen-bond acceptors (Lipinski definition) is 2. The van der Waals surface area contributed by atoms with E-state index in [9.17, 15) is 0 Å². The van der Waals surface area contributed by atoms with Crippen LogP contribution in [0.2, 0.25) is 20.2 Å². The summed E-state index contributed by atoms with van der Waals surface area (Å²) in [5, 5.41) is 1.25. The molecular formula is C12H7Cl4NO. The first kappa shape index (κ1) is 13.8. The van der Waals surface area contributed by atoms with Gasteiger partial charge in [-0.05, 0) is 30.7 Å². The Hall–Kier alpha value is -0.670. The minimum atomic E-state index is 0.135. The number of hydrogen-bond donors (Lipinski definition) is 0.